The Morgan fingerprint density at radius 1 is 1.29 bits per heavy atom. The zero-order valence-corrected chi connectivity index (χ0v) is 13.0. The Bertz CT molecular complexity index is 748. The molecule has 0 unspecified atom stereocenters. The Balaban J connectivity index is 1.52. The van der Waals surface area contributed by atoms with E-state index in [0.29, 0.717) is 17.1 Å². The molecule has 0 saturated carbocycles. The lowest BCUT2D eigenvalue weighted by Gasteiger charge is -2.15. The molecule has 24 heavy (non-hydrogen) atoms. The van der Waals surface area contributed by atoms with Crippen LogP contribution >= 0.6 is 0 Å². The topological polar surface area (TPSA) is 86.8 Å². The minimum Gasteiger partial charge on any atom is -0.454 e. The quantitative estimate of drug-likeness (QED) is 0.843. The second-order valence-corrected chi connectivity index (χ2v) is 5.22. The van der Waals surface area contributed by atoms with Gasteiger partial charge in [0.1, 0.15) is 0 Å². The normalized spacial score (nSPS) is 13.2. The minimum atomic E-state index is -0.589. The molecule has 2 aromatic rings. The van der Waals surface area contributed by atoms with Crippen molar-refractivity contribution in [3.8, 4) is 11.5 Å². The van der Waals surface area contributed by atoms with Gasteiger partial charge in [0.25, 0.3) is 5.91 Å². The second kappa shape index (κ2) is 6.99. The molecule has 0 fully saturated rings. The van der Waals surface area contributed by atoms with Crippen LogP contribution in [0.15, 0.2) is 42.7 Å². The van der Waals surface area contributed by atoms with E-state index in [9.17, 15) is 9.59 Å². The van der Waals surface area contributed by atoms with Crippen LogP contribution in [-0.4, -0.2) is 30.3 Å². The maximum Gasteiger partial charge on any atom is 0.340 e. The van der Waals surface area contributed by atoms with Gasteiger partial charge >= 0.3 is 5.97 Å². The highest BCUT2D eigenvalue weighted by atomic mass is 16.7. The van der Waals surface area contributed by atoms with E-state index in [0.717, 1.165) is 5.56 Å². The molecule has 1 atom stereocenters. The molecular formula is C17H16N2O5. The van der Waals surface area contributed by atoms with E-state index in [2.05, 4.69) is 10.3 Å². The van der Waals surface area contributed by atoms with Gasteiger partial charge in [-0.05, 0) is 36.8 Å². The van der Waals surface area contributed by atoms with Crippen molar-refractivity contribution >= 4 is 11.9 Å². The number of amides is 1. The number of aromatic nitrogens is 1. The lowest BCUT2D eigenvalue weighted by Crippen LogP contribution is -2.31. The van der Waals surface area contributed by atoms with Crippen LogP contribution in [0.5, 0.6) is 11.5 Å². The van der Waals surface area contributed by atoms with Gasteiger partial charge in [-0.25, -0.2) is 4.79 Å². The van der Waals surface area contributed by atoms with Crippen molar-refractivity contribution in [3.63, 3.8) is 0 Å². The number of hydrogen-bond acceptors (Lipinski definition) is 6. The second-order valence-electron chi connectivity index (χ2n) is 5.22. The summed E-state index contributed by atoms with van der Waals surface area (Å²) in [6.07, 6.45) is 2.94. The predicted molar refractivity (Wildman–Crippen MR) is 83.6 cm³/mol. The molecule has 0 bridgehead atoms. The first-order valence-electron chi connectivity index (χ1n) is 7.39. The molecule has 1 amide bonds. The third-order valence-corrected chi connectivity index (χ3v) is 3.51. The number of nitrogens with zero attached hydrogens (tertiary/aromatic N) is 1. The van der Waals surface area contributed by atoms with E-state index in [1.807, 2.05) is 19.1 Å². The zero-order valence-electron chi connectivity index (χ0n) is 13.0. The first kappa shape index (κ1) is 15.8. The average Bonchev–Trinajstić information content (AvgIpc) is 3.08. The van der Waals surface area contributed by atoms with Crippen molar-refractivity contribution in [2.75, 3.05) is 13.4 Å². The molecule has 7 nitrogen and oxygen atoms in total. The number of nitrogens with one attached hydrogen (secondary N) is 1. The number of carbonyl (C=O) groups is 2. The van der Waals surface area contributed by atoms with Crippen LogP contribution in [0.2, 0.25) is 0 Å². The van der Waals surface area contributed by atoms with E-state index in [-0.39, 0.29) is 19.4 Å². The summed E-state index contributed by atoms with van der Waals surface area (Å²) in [4.78, 5) is 27.5. The molecule has 1 aromatic heterocycles. The largest absolute Gasteiger partial charge is 0.454 e. The Labute approximate surface area is 138 Å². The zero-order chi connectivity index (χ0) is 16.9. The fraction of sp³-hybridized carbons (Fsp3) is 0.235. The summed E-state index contributed by atoms with van der Waals surface area (Å²) in [5, 5.41) is 2.77. The van der Waals surface area contributed by atoms with Crippen molar-refractivity contribution in [1.29, 1.82) is 0 Å². The van der Waals surface area contributed by atoms with Crippen LogP contribution in [0.1, 0.15) is 28.9 Å². The highest BCUT2D eigenvalue weighted by molar-refractivity contribution is 5.90. The van der Waals surface area contributed by atoms with Crippen molar-refractivity contribution in [2.45, 2.75) is 13.0 Å². The third-order valence-electron chi connectivity index (χ3n) is 3.51. The van der Waals surface area contributed by atoms with Crippen LogP contribution in [0, 0.1) is 0 Å². The van der Waals surface area contributed by atoms with E-state index >= 15 is 0 Å². The maximum atomic E-state index is 11.9. The Hall–Kier alpha value is -3.09. The number of benzene rings is 1. The summed E-state index contributed by atoms with van der Waals surface area (Å²) in [5.74, 6) is 0.352. The smallest absolute Gasteiger partial charge is 0.340 e. The highest BCUT2D eigenvalue weighted by Gasteiger charge is 2.17. The van der Waals surface area contributed by atoms with Crippen LogP contribution in [0.3, 0.4) is 0 Å². The summed E-state index contributed by atoms with van der Waals surface area (Å²) >= 11 is 0. The summed E-state index contributed by atoms with van der Waals surface area (Å²) in [6, 6.07) is 8.39. The van der Waals surface area contributed by atoms with E-state index < -0.39 is 11.9 Å². The Morgan fingerprint density at radius 3 is 2.92 bits per heavy atom. The number of hydrogen-bond donors (Lipinski definition) is 1. The molecule has 1 aliphatic rings. The van der Waals surface area contributed by atoms with Crippen LogP contribution < -0.4 is 14.8 Å². The summed E-state index contributed by atoms with van der Waals surface area (Å²) in [5.41, 5.74) is 1.17. The molecule has 124 valence electrons. The molecule has 0 saturated heterocycles. The number of ether oxygens (including phenoxy) is 3. The standard InChI is InChI=1S/C17H16N2O5/c1-11(12-4-5-14-15(7-12)24-10-23-14)19-16(20)9-22-17(21)13-3-2-6-18-8-13/h2-8,11H,9-10H2,1H3,(H,19,20)/t11-/m0/s1. The van der Waals surface area contributed by atoms with Gasteiger partial charge in [0.15, 0.2) is 18.1 Å². The van der Waals surface area contributed by atoms with Gasteiger partial charge in [0.05, 0.1) is 11.6 Å². The molecule has 0 radical (unpaired) electrons. The fourth-order valence-electron chi connectivity index (χ4n) is 2.25. The van der Waals surface area contributed by atoms with Crippen molar-refractivity contribution in [2.24, 2.45) is 0 Å². The lowest BCUT2D eigenvalue weighted by atomic mass is 10.1. The van der Waals surface area contributed by atoms with Gasteiger partial charge in [-0.1, -0.05) is 6.07 Å². The van der Waals surface area contributed by atoms with E-state index in [1.165, 1.54) is 6.20 Å². The molecule has 1 aliphatic heterocycles. The Kier molecular flexibility index (Phi) is 4.60. The number of esters is 1. The molecule has 1 N–H and O–H groups in total. The fourth-order valence-corrected chi connectivity index (χ4v) is 2.25. The summed E-state index contributed by atoms with van der Waals surface area (Å²) < 4.78 is 15.5. The lowest BCUT2D eigenvalue weighted by molar-refractivity contribution is -0.124. The van der Waals surface area contributed by atoms with Crippen LogP contribution in [-0.2, 0) is 9.53 Å². The molecule has 0 spiro atoms. The summed E-state index contributed by atoms with van der Waals surface area (Å²) in [6.45, 7) is 1.67. The number of rotatable bonds is 5. The van der Waals surface area contributed by atoms with Gasteiger partial charge in [-0.3, -0.25) is 9.78 Å². The number of fused-ring (bicyclic) bond motifs is 1. The van der Waals surface area contributed by atoms with Gasteiger partial charge in [-0.2, -0.15) is 0 Å². The molecular weight excluding hydrogens is 312 g/mol. The van der Waals surface area contributed by atoms with Crippen molar-refractivity contribution in [3.05, 3.63) is 53.9 Å². The molecule has 0 aliphatic carbocycles. The molecule has 1 aromatic carbocycles. The molecule has 3 rings (SSSR count). The predicted octanol–water partition coefficient (Wildman–Crippen LogP) is 1.84. The van der Waals surface area contributed by atoms with E-state index in [4.69, 9.17) is 14.2 Å². The van der Waals surface area contributed by atoms with E-state index in [1.54, 1.807) is 24.4 Å². The van der Waals surface area contributed by atoms with Gasteiger partial charge in [0, 0.05) is 12.4 Å². The monoisotopic (exact) mass is 328 g/mol. The number of carbonyl (C=O) groups excluding carboxylic acids is 2. The average molecular weight is 328 g/mol. The summed E-state index contributed by atoms with van der Waals surface area (Å²) in [7, 11) is 0. The maximum absolute atomic E-state index is 11.9. The Morgan fingerprint density at radius 2 is 2.12 bits per heavy atom. The SMILES string of the molecule is C[C@H](NC(=O)COC(=O)c1cccnc1)c1ccc2c(c1)OCO2. The third kappa shape index (κ3) is 3.62. The first-order chi connectivity index (χ1) is 11.6. The van der Waals surface area contributed by atoms with Gasteiger partial charge in [0.2, 0.25) is 6.79 Å². The number of pyridine rings is 1. The van der Waals surface area contributed by atoms with Crippen molar-refractivity contribution in [1.82, 2.24) is 10.3 Å². The van der Waals surface area contributed by atoms with Crippen LogP contribution in [0.4, 0.5) is 0 Å². The molecule has 2 heterocycles. The van der Waals surface area contributed by atoms with Crippen molar-refractivity contribution < 1.29 is 23.8 Å². The minimum absolute atomic E-state index is 0.198. The van der Waals surface area contributed by atoms with Gasteiger partial charge < -0.3 is 19.5 Å². The van der Waals surface area contributed by atoms with Crippen LogP contribution in [0.25, 0.3) is 0 Å². The highest BCUT2D eigenvalue weighted by Crippen LogP contribution is 2.34. The first-order valence-corrected chi connectivity index (χ1v) is 7.39. The molecule has 7 heteroatoms. The van der Waals surface area contributed by atoms with Gasteiger partial charge in [-0.15, -0.1) is 0 Å².